The molecule has 0 aliphatic carbocycles. The van der Waals surface area contributed by atoms with Gasteiger partial charge >= 0.3 is 0 Å². The molecule has 0 aliphatic rings. The molecule has 0 aliphatic heterocycles. The van der Waals surface area contributed by atoms with Crippen molar-refractivity contribution in [2.75, 3.05) is 6.26 Å². The molecule has 0 atom stereocenters. The van der Waals surface area contributed by atoms with Crippen LogP contribution in [-0.4, -0.2) is 16.2 Å². The lowest BCUT2D eigenvalue weighted by Crippen LogP contribution is -2.10. The number of thioether (sulfide) groups is 1. The zero-order valence-electron chi connectivity index (χ0n) is 11.7. The first-order valence-corrected chi connectivity index (χ1v) is 7.78. The summed E-state index contributed by atoms with van der Waals surface area (Å²) in [5.74, 6) is 0. The second-order valence-electron chi connectivity index (χ2n) is 4.72. The number of H-pyrrole nitrogens is 1. The lowest BCUT2D eigenvalue weighted by atomic mass is 10.0. The molecule has 1 heterocycles. The lowest BCUT2D eigenvalue weighted by molar-refractivity contribution is -0.384. The third kappa shape index (κ3) is 2.37. The smallest absolute Gasteiger partial charge is 0.270 e. The fraction of sp³-hybridized carbons (Fsp3) is 0.0625. The number of non-ortho nitro benzene ring substituents is 1. The van der Waals surface area contributed by atoms with Crippen molar-refractivity contribution in [2.45, 2.75) is 4.90 Å². The average molecular weight is 312 g/mol. The number of benzene rings is 2. The summed E-state index contributed by atoms with van der Waals surface area (Å²) in [5.41, 5.74) is 2.00. The van der Waals surface area contributed by atoms with Gasteiger partial charge in [-0.15, -0.1) is 11.8 Å². The SMILES string of the molecule is CSc1c(-c2ccccc2)c2cc([N+](=O)[O-])ccc2[nH]c1=O. The maximum atomic E-state index is 12.3. The van der Waals surface area contributed by atoms with Crippen LogP contribution < -0.4 is 5.56 Å². The van der Waals surface area contributed by atoms with Gasteiger partial charge in [0.25, 0.3) is 11.2 Å². The molecule has 0 spiro atoms. The molecule has 0 bridgehead atoms. The molecule has 0 fully saturated rings. The Kier molecular flexibility index (Phi) is 3.68. The molecule has 0 saturated heterocycles. The molecular formula is C16H12N2O3S. The first kappa shape index (κ1) is 14.3. The third-order valence-corrected chi connectivity index (χ3v) is 4.23. The Hall–Kier alpha value is -2.60. The van der Waals surface area contributed by atoms with Crippen molar-refractivity contribution in [1.82, 2.24) is 4.98 Å². The fourth-order valence-electron chi connectivity index (χ4n) is 2.46. The largest absolute Gasteiger partial charge is 0.321 e. The first-order chi connectivity index (χ1) is 10.6. The summed E-state index contributed by atoms with van der Waals surface area (Å²) in [6, 6.07) is 13.9. The van der Waals surface area contributed by atoms with E-state index in [1.165, 1.54) is 23.9 Å². The van der Waals surface area contributed by atoms with Gasteiger partial charge in [-0.1, -0.05) is 30.3 Å². The minimum Gasteiger partial charge on any atom is -0.321 e. The number of hydrogen-bond acceptors (Lipinski definition) is 4. The summed E-state index contributed by atoms with van der Waals surface area (Å²) in [6.45, 7) is 0. The molecule has 1 N–H and O–H groups in total. The van der Waals surface area contributed by atoms with Crippen LogP contribution in [0.1, 0.15) is 0 Å². The van der Waals surface area contributed by atoms with Crippen LogP contribution in [0.2, 0.25) is 0 Å². The van der Waals surface area contributed by atoms with E-state index >= 15 is 0 Å². The molecule has 110 valence electrons. The monoisotopic (exact) mass is 312 g/mol. The van der Waals surface area contributed by atoms with Crippen LogP contribution in [0.3, 0.4) is 0 Å². The quantitative estimate of drug-likeness (QED) is 0.453. The second-order valence-corrected chi connectivity index (χ2v) is 5.53. The van der Waals surface area contributed by atoms with E-state index in [9.17, 15) is 14.9 Å². The normalized spacial score (nSPS) is 10.8. The molecule has 22 heavy (non-hydrogen) atoms. The van der Waals surface area contributed by atoms with Crippen LogP contribution >= 0.6 is 11.8 Å². The Labute approximate surface area is 130 Å². The number of pyridine rings is 1. The zero-order chi connectivity index (χ0) is 15.7. The maximum Gasteiger partial charge on any atom is 0.270 e. The first-order valence-electron chi connectivity index (χ1n) is 6.55. The summed E-state index contributed by atoms with van der Waals surface area (Å²) >= 11 is 1.33. The van der Waals surface area contributed by atoms with Gasteiger partial charge in [-0.2, -0.15) is 0 Å². The topological polar surface area (TPSA) is 76.0 Å². The maximum absolute atomic E-state index is 12.3. The molecule has 5 nitrogen and oxygen atoms in total. The Bertz CT molecular complexity index is 920. The van der Waals surface area contributed by atoms with Gasteiger partial charge in [0.15, 0.2) is 0 Å². The Morgan fingerprint density at radius 2 is 1.86 bits per heavy atom. The lowest BCUT2D eigenvalue weighted by Gasteiger charge is -2.11. The molecule has 0 saturated carbocycles. The Balaban J connectivity index is 2.46. The number of rotatable bonds is 3. The molecular weight excluding hydrogens is 300 g/mol. The number of aromatic amines is 1. The number of nitro benzene ring substituents is 1. The summed E-state index contributed by atoms with van der Waals surface area (Å²) in [4.78, 5) is 26.2. The average Bonchev–Trinajstić information content (AvgIpc) is 2.53. The number of fused-ring (bicyclic) bond motifs is 1. The fourth-order valence-corrected chi connectivity index (χ4v) is 3.13. The summed E-state index contributed by atoms with van der Waals surface area (Å²) in [6.07, 6.45) is 1.82. The van der Waals surface area contributed by atoms with Crippen LogP contribution in [-0.2, 0) is 0 Å². The highest BCUT2D eigenvalue weighted by molar-refractivity contribution is 7.98. The second kappa shape index (κ2) is 5.65. The van der Waals surface area contributed by atoms with Crippen LogP contribution in [0, 0.1) is 10.1 Å². The van der Waals surface area contributed by atoms with Gasteiger partial charge in [-0.05, 0) is 17.9 Å². The molecule has 0 amide bonds. The summed E-state index contributed by atoms with van der Waals surface area (Å²) in [7, 11) is 0. The van der Waals surface area contributed by atoms with Crippen molar-refractivity contribution in [2.24, 2.45) is 0 Å². The highest BCUT2D eigenvalue weighted by Crippen LogP contribution is 2.35. The Morgan fingerprint density at radius 1 is 1.14 bits per heavy atom. The van der Waals surface area contributed by atoms with E-state index < -0.39 is 4.92 Å². The van der Waals surface area contributed by atoms with Crippen LogP contribution in [0.5, 0.6) is 0 Å². The molecule has 2 aromatic carbocycles. The van der Waals surface area contributed by atoms with Gasteiger partial charge in [0.2, 0.25) is 0 Å². The predicted molar refractivity (Wildman–Crippen MR) is 88.4 cm³/mol. The summed E-state index contributed by atoms with van der Waals surface area (Å²) in [5, 5.41) is 11.7. The number of aromatic nitrogens is 1. The van der Waals surface area contributed by atoms with E-state index in [1.807, 2.05) is 36.6 Å². The van der Waals surface area contributed by atoms with Crippen molar-refractivity contribution in [3.05, 3.63) is 69.0 Å². The van der Waals surface area contributed by atoms with Crippen molar-refractivity contribution in [3.63, 3.8) is 0 Å². The number of nitrogens with one attached hydrogen (secondary N) is 1. The standard InChI is InChI=1S/C16H12N2O3S/c1-22-15-14(10-5-3-2-4-6-10)12-9-11(18(20)21)7-8-13(12)17-16(15)19/h2-9H,1H3,(H,17,19). The molecule has 0 unspecified atom stereocenters. The van der Waals surface area contributed by atoms with Crippen molar-refractivity contribution in [3.8, 4) is 11.1 Å². The number of nitro groups is 1. The highest BCUT2D eigenvalue weighted by atomic mass is 32.2. The van der Waals surface area contributed by atoms with Gasteiger partial charge < -0.3 is 4.98 Å². The molecule has 1 aromatic heterocycles. The molecule has 0 radical (unpaired) electrons. The van der Waals surface area contributed by atoms with Gasteiger partial charge in [0.1, 0.15) is 0 Å². The van der Waals surface area contributed by atoms with Crippen LogP contribution in [0.25, 0.3) is 22.0 Å². The van der Waals surface area contributed by atoms with E-state index in [2.05, 4.69) is 4.98 Å². The molecule has 3 rings (SSSR count). The molecule has 6 heteroatoms. The van der Waals surface area contributed by atoms with E-state index in [4.69, 9.17) is 0 Å². The van der Waals surface area contributed by atoms with Gasteiger partial charge in [-0.3, -0.25) is 14.9 Å². The van der Waals surface area contributed by atoms with Crippen molar-refractivity contribution >= 4 is 28.4 Å². The van der Waals surface area contributed by atoms with Gasteiger partial charge in [0.05, 0.1) is 9.82 Å². The number of nitrogens with zero attached hydrogens (tertiary/aromatic N) is 1. The van der Waals surface area contributed by atoms with E-state index in [0.717, 1.165) is 11.1 Å². The third-order valence-electron chi connectivity index (χ3n) is 3.43. The predicted octanol–water partition coefficient (Wildman–Crippen LogP) is 3.83. The van der Waals surface area contributed by atoms with E-state index in [1.54, 1.807) is 6.07 Å². The van der Waals surface area contributed by atoms with E-state index in [-0.39, 0.29) is 11.2 Å². The van der Waals surface area contributed by atoms with Gasteiger partial charge in [-0.25, -0.2) is 0 Å². The van der Waals surface area contributed by atoms with Crippen molar-refractivity contribution < 1.29 is 4.92 Å². The van der Waals surface area contributed by atoms with Crippen LogP contribution in [0.4, 0.5) is 5.69 Å². The van der Waals surface area contributed by atoms with Crippen molar-refractivity contribution in [1.29, 1.82) is 0 Å². The summed E-state index contributed by atoms with van der Waals surface area (Å²) < 4.78 is 0. The van der Waals surface area contributed by atoms with Gasteiger partial charge in [0, 0.05) is 28.6 Å². The zero-order valence-corrected chi connectivity index (χ0v) is 12.5. The van der Waals surface area contributed by atoms with E-state index in [0.29, 0.717) is 15.8 Å². The number of hydrogen-bond donors (Lipinski definition) is 1. The highest BCUT2D eigenvalue weighted by Gasteiger charge is 2.16. The van der Waals surface area contributed by atoms with Crippen LogP contribution in [0.15, 0.2) is 58.2 Å². The molecule has 3 aromatic rings. The minimum atomic E-state index is -0.432. The minimum absolute atomic E-state index is 0.00350. The Morgan fingerprint density at radius 3 is 2.50 bits per heavy atom.